The van der Waals surface area contributed by atoms with Gasteiger partial charge in [0.05, 0.1) is 0 Å². The fraction of sp³-hybridized carbons (Fsp3) is 0.231. The van der Waals surface area contributed by atoms with E-state index >= 15 is 0 Å². The van der Waals surface area contributed by atoms with E-state index in [0.717, 1.165) is 33.2 Å². The summed E-state index contributed by atoms with van der Waals surface area (Å²) < 4.78 is 1.08. The van der Waals surface area contributed by atoms with Crippen LogP contribution in [0.15, 0.2) is 28.7 Å². The smallest absolute Gasteiger partial charge is 0.136 e. The van der Waals surface area contributed by atoms with Gasteiger partial charge in [0.25, 0.3) is 0 Å². The van der Waals surface area contributed by atoms with Gasteiger partial charge in [0.1, 0.15) is 17.5 Å². The van der Waals surface area contributed by atoms with Gasteiger partial charge in [0.2, 0.25) is 0 Å². The summed E-state index contributed by atoms with van der Waals surface area (Å²) in [6.45, 7) is 3.93. The van der Waals surface area contributed by atoms with Gasteiger partial charge in [0.15, 0.2) is 0 Å². The molecule has 0 aliphatic heterocycles. The van der Waals surface area contributed by atoms with E-state index in [0.29, 0.717) is 0 Å². The van der Waals surface area contributed by atoms with Crippen molar-refractivity contribution in [1.29, 1.82) is 0 Å². The molecule has 0 spiro atoms. The topological polar surface area (TPSA) is 49.8 Å². The largest absolute Gasteiger partial charge is 0.373 e. The Morgan fingerprint density at radius 3 is 2.56 bits per heavy atom. The molecular formula is C13H15BrN4. The molecule has 0 atom stereocenters. The monoisotopic (exact) mass is 306 g/mol. The van der Waals surface area contributed by atoms with E-state index < -0.39 is 0 Å². The van der Waals surface area contributed by atoms with E-state index in [9.17, 15) is 0 Å². The van der Waals surface area contributed by atoms with Gasteiger partial charge in [-0.1, -0.05) is 22.0 Å². The lowest BCUT2D eigenvalue weighted by Crippen LogP contribution is -2.02. The molecule has 1 aromatic heterocycles. The molecule has 0 amide bonds. The number of hydrogen-bond acceptors (Lipinski definition) is 4. The van der Waals surface area contributed by atoms with E-state index in [2.05, 4.69) is 43.5 Å². The maximum absolute atomic E-state index is 4.37. The van der Waals surface area contributed by atoms with Crippen LogP contribution in [0.1, 0.15) is 11.4 Å². The Balaban J connectivity index is 2.34. The molecule has 0 bridgehead atoms. The number of nitrogens with zero attached hydrogens (tertiary/aromatic N) is 2. The molecule has 1 heterocycles. The van der Waals surface area contributed by atoms with Crippen molar-refractivity contribution in [1.82, 2.24) is 9.97 Å². The van der Waals surface area contributed by atoms with Gasteiger partial charge in [-0.3, -0.25) is 0 Å². The third kappa shape index (κ3) is 2.79. The third-order valence-electron chi connectivity index (χ3n) is 2.62. The van der Waals surface area contributed by atoms with Crippen LogP contribution < -0.4 is 10.6 Å². The van der Waals surface area contributed by atoms with E-state index in [1.54, 1.807) is 0 Å². The fourth-order valence-electron chi connectivity index (χ4n) is 1.64. The molecule has 0 aliphatic carbocycles. The van der Waals surface area contributed by atoms with Crippen LogP contribution in [0, 0.1) is 13.8 Å². The molecule has 5 heteroatoms. The summed E-state index contributed by atoms with van der Waals surface area (Å²) >= 11 is 3.52. The first kappa shape index (κ1) is 12.8. The molecule has 18 heavy (non-hydrogen) atoms. The number of aryl methyl sites for hydroxylation is 1. The first-order valence-electron chi connectivity index (χ1n) is 5.65. The molecule has 0 fully saturated rings. The molecule has 2 N–H and O–H groups in total. The lowest BCUT2D eigenvalue weighted by atomic mass is 10.2. The summed E-state index contributed by atoms with van der Waals surface area (Å²) in [5.74, 6) is 2.32. The summed E-state index contributed by atoms with van der Waals surface area (Å²) in [6, 6.07) is 7.92. The van der Waals surface area contributed by atoms with Crippen molar-refractivity contribution in [3.63, 3.8) is 0 Å². The molecule has 4 nitrogen and oxygen atoms in total. The third-order valence-corrected chi connectivity index (χ3v) is 3.48. The zero-order chi connectivity index (χ0) is 13.1. The van der Waals surface area contributed by atoms with Gasteiger partial charge in [-0.15, -0.1) is 0 Å². The fourth-order valence-corrected chi connectivity index (χ4v) is 2.01. The van der Waals surface area contributed by atoms with Gasteiger partial charge in [-0.05, 0) is 31.5 Å². The minimum atomic E-state index is 0.733. The minimum absolute atomic E-state index is 0.733. The molecule has 0 unspecified atom stereocenters. The van der Waals surface area contributed by atoms with Crippen molar-refractivity contribution >= 4 is 33.3 Å². The zero-order valence-electron chi connectivity index (χ0n) is 10.6. The summed E-state index contributed by atoms with van der Waals surface area (Å²) in [4.78, 5) is 8.63. The highest BCUT2D eigenvalue weighted by molar-refractivity contribution is 9.10. The normalized spacial score (nSPS) is 10.2. The van der Waals surface area contributed by atoms with Crippen molar-refractivity contribution in [3.8, 4) is 0 Å². The van der Waals surface area contributed by atoms with Gasteiger partial charge in [-0.25, -0.2) is 9.97 Å². The van der Waals surface area contributed by atoms with Crippen molar-refractivity contribution in [2.24, 2.45) is 0 Å². The highest BCUT2D eigenvalue weighted by Gasteiger charge is 2.05. The summed E-state index contributed by atoms with van der Waals surface area (Å²) in [5, 5.41) is 6.33. The Labute approximate surface area is 115 Å². The quantitative estimate of drug-likeness (QED) is 0.909. The molecule has 0 saturated heterocycles. The van der Waals surface area contributed by atoms with Crippen LogP contribution in [0.3, 0.4) is 0 Å². The molecule has 2 aromatic rings. The predicted molar refractivity (Wildman–Crippen MR) is 78.5 cm³/mol. The number of anilines is 3. The predicted octanol–water partition coefficient (Wildman–Crippen LogP) is 3.64. The average Bonchev–Trinajstić information content (AvgIpc) is 2.34. The van der Waals surface area contributed by atoms with Crippen LogP contribution in [-0.4, -0.2) is 17.0 Å². The van der Waals surface area contributed by atoms with Gasteiger partial charge in [0, 0.05) is 23.3 Å². The SMILES string of the molecule is CNc1cc(Nc2cccc(Br)c2C)nc(C)n1. The van der Waals surface area contributed by atoms with Crippen LogP contribution in [0.25, 0.3) is 0 Å². The molecule has 0 saturated carbocycles. The second-order valence-electron chi connectivity index (χ2n) is 3.97. The van der Waals surface area contributed by atoms with Crippen LogP contribution in [0.2, 0.25) is 0 Å². The number of benzene rings is 1. The molecule has 1 aromatic carbocycles. The summed E-state index contributed by atoms with van der Waals surface area (Å²) in [6.07, 6.45) is 0. The van der Waals surface area contributed by atoms with Crippen molar-refractivity contribution in [3.05, 3.63) is 40.1 Å². The highest BCUT2D eigenvalue weighted by Crippen LogP contribution is 2.26. The Morgan fingerprint density at radius 1 is 1.11 bits per heavy atom. The molecule has 0 radical (unpaired) electrons. The lowest BCUT2D eigenvalue weighted by molar-refractivity contribution is 1.05. The highest BCUT2D eigenvalue weighted by atomic mass is 79.9. The van der Waals surface area contributed by atoms with E-state index in [1.165, 1.54) is 0 Å². The number of aromatic nitrogens is 2. The molecule has 2 rings (SSSR count). The van der Waals surface area contributed by atoms with Crippen LogP contribution in [-0.2, 0) is 0 Å². The number of nitrogens with one attached hydrogen (secondary N) is 2. The van der Waals surface area contributed by atoms with E-state index in [4.69, 9.17) is 0 Å². The second kappa shape index (κ2) is 5.35. The van der Waals surface area contributed by atoms with Crippen molar-refractivity contribution in [2.75, 3.05) is 17.7 Å². The maximum Gasteiger partial charge on any atom is 0.136 e. The van der Waals surface area contributed by atoms with Crippen LogP contribution >= 0.6 is 15.9 Å². The molecular weight excluding hydrogens is 292 g/mol. The Kier molecular flexibility index (Phi) is 3.81. The maximum atomic E-state index is 4.37. The number of hydrogen-bond donors (Lipinski definition) is 2. The molecule has 94 valence electrons. The van der Waals surface area contributed by atoms with Gasteiger partial charge < -0.3 is 10.6 Å². The first-order valence-corrected chi connectivity index (χ1v) is 6.45. The second-order valence-corrected chi connectivity index (χ2v) is 4.83. The average molecular weight is 307 g/mol. The Hall–Kier alpha value is -1.62. The minimum Gasteiger partial charge on any atom is -0.373 e. The lowest BCUT2D eigenvalue weighted by Gasteiger charge is -2.11. The zero-order valence-corrected chi connectivity index (χ0v) is 12.2. The summed E-state index contributed by atoms with van der Waals surface area (Å²) in [5.41, 5.74) is 2.18. The van der Waals surface area contributed by atoms with E-state index in [1.807, 2.05) is 38.2 Å². The van der Waals surface area contributed by atoms with Crippen molar-refractivity contribution < 1.29 is 0 Å². The van der Waals surface area contributed by atoms with E-state index in [-0.39, 0.29) is 0 Å². The molecule has 0 aliphatic rings. The van der Waals surface area contributed by atoms with Crippen molar-refractivity contribution in [2.45, 2.75) is 13.8 Å². The number of rotatable bonds is 3. The van der Waals surface area contributed by atoms with Crippen LogP contribution in [0.4, 0.5) is 17.3 Å². The van der Waals surface area contributed by atoms with Gasteiger partial charge in [-0.2, -0.15) is 0 Å². The number of halogens is 1. The summed E-state index contributed by atoms with van der Waals surface area (Å²) in [7, 11) is 1.84. The standard InChI is InChI=1S/C13H15BrN4/c1-8-10(14)5-4-6-11(8)18-13-7-12(15-3)16-9(2)17-13/h4-7H,1-3H3,(H2,15,16,17,18). The first-order chi connectivity index (χ1) is 8.60. The Morgan fingerprint density at radius 2 is 1.83 bits per heavy atom. The Bertz CT molecular complexity index is 569. The van der Waals surface area contributed by atoms with Crippen LogP contribution in [0.5, 0.6) is 0 Å². The van der Waals surface area contributed by atoms with Gasteiger partial charge >= 0.3 is 0 Å².